The number of fused-ring (bicyclic) bond motifs is 1. The molecule has 1 aliphatic rings. The first-order chi connectivity index (χ1) is 11.5. The zero-order chi connectivity index (χ0) is 17.0. The van der Waals surface area contributed by atoms with Crippen LogP contribution in [0.2, 0.25) is 0 Å². The lowest BCUT2D eigenvalue weighted by Crippen LogP contribution is -2.37. The Morgan fingerprint density at radius 2 is 2.12 bits per heavy atom. The summed E-state index contributed by atoms with van der Waals surface area (Å²) in [4.78, 5) is 0. The van der Waals surface area contributed by atoms with Gasteiger partial charge >= 0.3 is 0 Å². The molecule has 1 aromatic heterocycles. The van der Waals surface area contributed by atoms with Gasteiger partial charge in [-0.05, 0) is 24.6 Å². The molecule has 0 saturated carbocycles. The Hall–Kier alpha value is -1.74. The van der Waals surface area contributed by atoms with Crippen molar-refractivity contribution in [1.29, 1.82) is 0 Å². The second-order valence-corrected chi connectivity index (χ2v) is 7.81. The number of rotatable bonds is 6. The van der Waals surface area contributed by atoms with Gasteiger partial charge in [0.1, 0.15) is 0 Å². The monoisotopic (exact) mass is 349 g/mol. The molecule has 0 aliphatic carbocycles. The Morgan fingerprint density at radius 3 is 2.92 bits per heavy atom. The summed E-state index contributed by atoms with van der Waals surface area (Å²) >= 11 is 0. The van der Waals surface area contributed by atoms with Crippen LogP contribution in [0.5, 0.6) is 0 Å². The van der Waals surface area contributed by atoms with Crippen LogP contribution in [0.1, 0.15) is 23.4 Å². The number of benzene rings is 1. The van der Waals surface area contributed by atoms with Gasteiger partial charge in [0.25, 0.3) is 10.2 Å². The van der Waals surface area contributed by atoms with Crippen LogP contribution in [0.15, 0.2) is 36.4 Å². The molecule has 7 nitrogen and oxygen atoms in total. The van der Waals surface area contributed by atoms with Gasteiger partial charge in [0.2, 0.25) is 0 Å². The van der Waals surface area contributed by atoms with Crippen LogP contribution in [0.4, 0.5) is 0 Å². The molecule has 0 amide bonds. The maximum Gasteiger partial charge on any atom is 0.279 e. The Bertz CT molecular complexity index is 750. The normalized spacial score (nSPS) is 15.2. The Kier molecular flexibility index (Phi) is 5.30. The van der Waals surface area contributed by atoms with Crippen molar-refractivity contribution in [2.75, 3.05) is 13.6 Å². The lowest BCUT2D eigenvalue weighted by molar-refractivity contribution is 0.454. The third kappa shape index (κ3) is 4.21. The van der Waals surface area contributed by atoms with Gasteiger partial charge in [0.05, 0.1) is 17.9 Å². The smallest absolute Gasteiger partial charge is 0.279 e. The maximum absolute atomic E-state index is 12.4. The SMILES string of the molecule is CN(Cc1ccccc1)S(=O)(=O)NCc1cc2n(n1)CCCNC2. The van der Waals surface area contributed by atoms with Gasteiger partial charge in [-0.1, -0.05) is 30.3 Å². The molecule has 0 bridgehead atoms. The molecule has 2 heterocycles. The van der Waals surface area contributed by atoms with Crippen molar-refractivity contribution >= 4 is 10.2 Å². The van der Waals surface area contributed by atoms with E-state index in [0.717, 1.165) is 43.0 Å². The predicted octanol–water partition coefficient (Wildman–Crippen LogP) is 0.843. The molecule has 130 valence electrons. The summed E-state index contributed by atoms with van der Waals surface area (Å²) in [6.07, 6.45) is 1.03. The Morgan fingerprint density at radius 1 is 1.33 bits per heavy atom. The molecular formula is C16H23N5O2S. The molecule has 2 N–H and O–H groups in total. The summed E-state index contributed by atoms with van der Waals surface area (Å²) in [6, 6.07) is 11.5. The first-order valence-electron chi connectivity index (χ1n) is 8.06. The highest BCUT2D eigenvalue weighted by atomic mass is 32.2. The zero-order valence-corrected chi connectivity index (χ0v) is 14.6. The summed E-state index contributed by atoms with van der Waals surface area (Å²) in [6.45, 7) is 3.15. The fraction of sp³-hybridized carbons (Fsp3) is 0.438. The summed E-state index contributed by atoms with van der Waals surface area (Å²) < 4.78 is 30.6. The maximum atomic E-state index is 12.4. The molecule has 0 atom stereocenters. The van der Waals surface area contributed by atoms with Crippen molar-refractivity contribution in [3.8, 4) is 0 Å². The van der Waals surface area contributed by atoms with Crippen LogP contribution >= 0.6 is 0 Å². The lowest BCUT2D eigenvalue weighted by Gasteiger charge is -2.17. The molecule has 0 radical (unpaired) electrons. The number of hydrogen-bond acceptors (Lipinski definition) is 4. The van der Waals surface area contributed by atoms with E-state index in [4.69, 9.17) is 0 Å². The first kappa shape index (κ1) is 17.1. The van der Waals surface area contributed by atoms with E-state index in [1.165, 1.54) is 4.31 Å². The number of hydrogen-bond donors (Lipinski definition) is 2. The van der Waals surface area contributed by atoms with E-state index < -0.39 is 10.2 Å². The molecule has 0 saturated heterocycles. The van der Waals surface area contributed by atoms with Crippen LogP contribution in [-0.4, -0.2) is 36.1 Å². The van der Waals surface area contributed by atoms with Gasteiger partial charge in [-0.2, -0.15) is 22.5 Å². The predicted molar refractivity (Wildman–Crippen MR) is 92.2 cm³/mol. The quantitative estimate of drug-likeness (QED) is 0.810. The summed E-state index contributed by atoms with van der Waals surface area (Å²) in [5.41, 5.74) is 2.79. The third-order valence-electron chi connectivity index (χ3n) is 4.04. The summed E-state index contributed by atoms with van der Waals surface area (Å²) in [7, 11) is -1.98. The van der Waals surface area contributed by atoms with Gasteiger partial charge in [-0.15, -0.1) is 0 Å². The van der Waals surface area contributed by atoms with E-state index in [2.05, 4.69) is 15.1 Å². The van der Waals surface area contributed by atoms with Crippen LogP contribution < -0.4 is 10.0 Å². The number of nitrogens with one attached hydrogen (secondary N) is 2. The van der Waals surface area contributed by atoms with Gasteiger partial charge in [0.15, 0.2) is 0 Å². The highest BCUT2D eigenvalue weighted by Crippen LogP contribution is 2.10. The van der Waals surface area contributed by atoms with Gasteiger partial charge in [-0.25, -0.2) is 0 Å². The van der Waals surface area contributed by atoms with E-state index in [1.54, 1.807) is 7.05 Å². The van der Waals surface area contributed by atoms with Crippen molar-refractivity contribution in [3.63, 3.8) is 0 Å². The lowest BCUT2D eigenvalue weighted by atomic mass is 10.2. The van der Waals surface area contributed by atoms with E-state index in [9.17, 15) is 8.42 Å². The van der Waals surface area contributed by atoms with Crippen molar-refractivity contribution in [2.24, 2.45) is 0 Å². The van der Waals surface area contributed by atoms with Crippen LogP contribution in [-0.2, 0) is 36.4 Å². The second-order valence-electron chi connectivity index (χ2n) is 5.95. The first-order valence-corrected chi connectivity index (χ1v) is 9.50. The molecule has 0 spiro atoms. The van der Waals surface area contributed by atoms with E-state index >= 15 is 0 Å². The minimum absolute atomic E-state index is 0.196. The topological polar surface area (TPSA) is 79.3 Å². The van der Waals surface area contributed by atoms with Gasteiger partial charge in [-0.3, -0.25) is 4.68 Å². The number of nitrogens with zero attached hydrogens (tertiary/aromatic N) is 3. The van der Waals surface area contributed by atoms with Gasteiger partial charge < -0.3 is 5.32 Å². The molecule has 2 aromatic rings. The van der Waals surface area contributed by atoms with Crippen molar-refractivity contribution in [2.45, 2.75) is 32.6 Å². The average Bonchev–Trinajstić information content (AvgIpc) is 2.83. The molecule has 1 aliphatic heterocycles. The molecule has 24 heavy (non-hydrogen) atoms. The zero-order valence-electron chi connectivity index (χ0n) is 13.8. The molecule has 0 fully saturated rings. The van der Waals surface area contributed by atoms with E-state index in [1.807, 2.05) is 41.1 Å². The minimum atomic E-state index is -3.55. The van der Waals surface area contributed by atoms with Crippen LogP contribution in [0.25, 0.3) is 0 Å². The number of aromatic nitrogens is 2. The van der Waals surface area contributed by atoms with Crippen LogP contribution in [0, 0.1) is 0 Å². The number of aryl methyl sites for hydroxylation is 1. The molecule has 0 unspecified atom stereocenters. The Balaban J connectivity index is 1.60. The molecule has 3 rings (SSSR count). The minimum Gasteiger partial charge on any atom is -0.311 e. The van der Waals surface area contributed by atoms with E-state index in [0.29, 0.717) is 6.54 Å². The van der Waals surface area contributed by atoms with Crippen molar-refractivity contribution in [1.82, 2.24) is 24.1 Å². The Labute approximate surface area is 142 Å². The molecule has 1 aromatic carbocycles. The second kappa shape index (κ2) is 7.43. The standard InChI is InChI=1S/C16H23N5O2S/c1-20(13-14-6-3-2-4-7-14)24(22,23)18-11-15-10-16-12-17-8-5-9-21(16)19-15/h2-4,6-7,10,17-18H,5,8-9,11-13H2,1H3. The van der Waals surface area contributed by atoms with E-state index in [-0.39, 0.29) is 6.54 Å². The van der Waals surface area contributed by atoms with Gasteiger partial charge in [0, 0.05) is 26.7 Å². The summed E-state index contributed by atoms with van der Waals surface area (Å²) in [5, 5.41) is 7.82. The van der Waals surface area contributed by atoms with Crippen molar-refractivity contribution < 1.29 is 8.42 Å². The highest BCUT2D eigenvalue weighted by Gasteiger charge is 2.19. The third-order valence-corrected chi connectivity index (χ3v) is 5.50. The largest absolute Gasteiger partial charge is 0.311 e. The molecule has 8 heteroatoms. The molecular weight excluding hydrogens is 326 g/mol. The fourth-order valence-corrected chi connectivity index (χ4v) is 3.58. The summed E-state index contributed by atoms with van der Waals surface area (Å²) in [5.74, 6) is 0. The van der Waals surface area contributed by atoms with Crippen LogP contribution in [0.3, 0.4) is 0 Å². The van der Waals surface area contributed by atoms with Crippen molar-refractivity contribution in [3.05, 3.63) is 53.3 Å². The highest BCUT2D eigenvalue weighted by molar-refractivity contribution is 7.87. The average molecular weight is 349 g/mol. The fourth-order valence-electron chi connectivity index (χ4n) is 2.71.